The average molecular weight is 446 g/mol. The molecule has 3 fully saturated rings. The third-order valence-electron chi connectivity index (χ3n) is 5.92. The first-order valence-electron chi connectivity index (χ1n) is 11.2. The van der Waals surface area contributed by atoms with Crippen LogP contribution in [0.1, 0.15) is 44.0 Å². The first kappa shape index (κ1) is 22.5. The minimum absolute atomic E-state index is 0.0506. The summed E-state index contributed by atoms with van der Waals surface area (Å²) in [6.45, 7) is 7.23. The third kappa shape index (κ3) is 5.05. The molecule has 174 valence electrons. The summed E-state index contributed by atoms with van der Waals surface area (Å²) in [5.74, 6) is -0.506. The number of carbonyl (C=O) groups excluding carboxylic acids is 3. The highest BCUT2D eigenvalue weighted by Crippen LogP contribution is 2.32. The molecule has 9 nitrogen and oxygen atoms in total. The van der Waals surface area contributed by atoms with E-state index in [-0.39, 0.29) is 24.5 Å². The molecule has 3 atom stereocenters. The molecule has 3 unspecified atom stereocenters. The fourth-order valence-electron chi connectivity index (χ4n) is 4.50. The third-order valence-corrected chi connectivity index (χ3v) is 5.92. The lowest BCUT2D eigenvalue weighted by Gasteiger charge is -2.42. The number of benzene rings is 1. The molecule has 3 saturated heterocycles. The number of ether oxygens (including phenoxy) is 2. The lowest BCUT2D eigenvalue weighted by Crippen LogP contribution is -2.61. The highest BCUT2D eigenvalue weighted by atomic mass is 16.7. The minimum Gasteiger partial charge on any atom is -0.444 e. The van der Waals surface area contributed by atoms with Gasteiger partial charge < -0.3 is 24.1 Å². The van der Waals surface area contributed by atoms with Crippen molar-refractivity contribution in [3.63, 3.8) is 0 Å². The molecular weight excluding hydrogens is 414 g/mol. The molecule has 2 amide bonds. The lowest BCUT2D eigenvalue weighted by molar-refractivity contribution is -0.172. The molecule has 32 heavy (non-hydrogen) atoms. The molecule has 0 radical (unpaired) electrons. The summed E-state index contributed by atoms with van der Waals surface area (Å²) in [6, 6.07) is 8.76. The van der Waals surface area contributed by atoms with Crippen molar-refractivity contribution in [1.82, 2.24) is 14.9 Å². The second-order valence-corrected chi connectivity index (χ2v) is 9.51. The fourth-order valence-corrected chi connectivity index (χ4v) is 4.50. The maximum Gasteiger partial charge on any atom is 0.410 e. The molecule has 0 spiro atoms. The van der Waals surface area contributed by atoms with Crippen LogP contribution >= 0.6 is 0 Å². The van der Waals surface area contributed by atoms with Crippen LogP contribution in [0.5, 0.6) is 0 Å². The zero-order chi connectivity index (χ0) is 22.9. The van der Waals surface area contributed by atoms with Gasteiger partial charge in [-0.25, -0.2) is 9.59 Å². The van der Waals surface area contributed by atoms with E-state index >= 15 is 0 Å². The predicted molar refractivity (Wildman–Crippen MR) is 115 cm³/mol. The van der Waals surface area contributed by atoms with Gasteiger partial charge in [0.05, 0.1) is 31.8 Å². The molecule has 0 saturated carbocycles. The first-order chi connectivity index (χ1) is 15.2. The fraction of sp³-hybridized carbons (Fsp3) is 0.609. The molecule has 0 N–H and O–H groups in total. The van der Waals surface area contributed by atoms with E-state index in [0.717, 1.165) is 12.8 Å². The molecule has 3 heterocycles. The molecule has 1 aromatic carbocycles. The Hall–Kier alpha value is -2.65. The van der Waals surface area contributed by atoms with Crippen molar-refractivity contribution in [3.05, 3.63) is 35.9 Å². The van der Waals surface area contributed by atoms with E-state index in [0.29, 0.717) is 31.8 Å². The number of piperazine rings is 1. The number of fused-ring (bicyclic) bond motifs is 2. The van der Waals surface area contributed by atoms with Crippen LogP contribution in [0.3, 0.4) is 0 Å². The van der Waals surface area contributed by atoms with E-state index in [4.69, 9.17) is 14.3 Å². The molecule has 0 aromatic heterocycles. The van der Waals surface area contributed by atoms with Crippen molar-refractivity contribution in [1.29, 1.82) is 0 Å². The lowest BCUT2D eigenvalue weighted by atomic mass is 10.1. The number of carbonyl (C=O) groups is 3. The van der Waals surface area contributed by atoms with E-state index in [1.807, 2.05) is 31.7 Å². The van der Waals surface area contributed by atoms with Crippen molar-refractivity contribution < 1.29 is 28.7 Å². The Kier molecular flexibility index (Phi) is 6.39. The number of hydroxylamine groups is 2. The zero-order valence-corrected chi connectivity index (χ0v) is 18.9. The summed E-state index contributed by atoms with van der Waals surface area (Å²) in [6.07, 6.45) is 0.549. The SMILES string of the molecule is CC(C)(C)OC(=O)N1CCOC(C(=O)N2C3CCC2CN(OC(=O)c2ccccc2)C3)C1. The number of morpholine rings is 1. The van der Waals surface area contributed by atoms with Gasteiger partial charge in [0.15, 0.2) is 6.10 Å². The van der Waals surface area contributed by atoms with Crippen LogP contribution in [0.15, 0.2) is 30.3 Å². The van der Waals surface area contributed by atoms with Gasteiger partial charge in [-0.15, -0.1) is 5.06 Å². The molecule has 2 bridgehead atoms. The number of hydrogen-bond acceptors (Lipinski definition) is 7. The van der Waals surface area contributed by atoms with Gasteiger partial charge in [0, 0.05) is 18.6 Å². The predicted octanol–water partition coefficient (Wildman–Crippen LogP) is 2.07. The summed E-state index contributed by atoms with van der Waals surface area (Å²) in [5, 5.41) is 1.66. The van der Waals surface area contributed by atoms with Gasteiger partial charge in [-0.2, -0.15) is 0 Å². The Bertz CT molecular complexity index is 841. The molecule has 1 aromatic rings. The van der Waals surface area contributed by atoms with E-state index in [1.54, 1.807) is 29.3 Å². The van der Waals surface area contributed by atoms with Crippen LogP contribution < -0.4 is 0 Å². The highest BCUT2D eigenvalue weighted by molar-refractivity contribution is 5.89. The van der Waals surface area contributed by atoms with E-state index in [9.17, 15) is 14.4 Å². The number of amides is 2. The Labute approximate surface area is 188 Å². The van der Waals surface area contributed by atoms with Crippen molar-refractivity contribution in [2.75, 3.05) is 32.8 Å². The van der Waals surface area contributed by atoms with Crippen LogP contribution in [0, 0.1) is 0 Å². The van der Waals surface area contributed by atoms with E-state index in [1.165, 1.54) is 4.90 Å². The smallest absolute Gasteiger partial charge is 0.410 e. The van der Waals surface area contributed by atoms with Crippen LogP contribution in [0.25, 0.3) is 0 Å². The Balaban J connectivity index is 1.35. The molecule has 3 aliphatic rings. The molecule has 4 rings (SSSR count). The summed E-state index contributed by atoms with van der Waals surface area (Å²) in [5.41, 5.74) is -0.0992. The van der Waals surface area contributed by atoms with Gasteiger partial charge in [-0.1, -0.05) is 18.2 Å². The Morgan fingerprint density at radius 1 is 1.00 bits per heavy atom. The molecule has 3 aliphatic heterocycles. The van der Waals surface area contributed by atoms with Crippen LogP contribution in [-0.2, 0) is 19.1 Å². The Morgan fingerprint density at radius 3 is 2.28 bits per heavy atom. The van der Waals surface area contributed by atoms with Gasteiger partial charge in [-0.05, 0) is 45.7 Å². The molecule has 0 aliphatic carbocycles. The van der Waals surface area contributed by atoms with Crippen molar-refractivity contribution in [3.8, 4) is 0 Å². The summed E-state index contributed by atoms with van der Waals surface area (Å²) >= 11 is 0. The zero-order valence-electron chi connectivity index (χ0n) is 18.9. The normalized spacial score (nSPS) is 26.0. The summed E-state index contributed by atoms with van der Waals surface area (Å²) < 4.78 is 11.2. The molecular formula is C23H31N3O6. The largest absolute Gasteiger partial charge is 0.444 e. The Morgan fingerprint density at radius 2 is 1.66 bits per heavy atom. The summed E-state index contributed by atoms with van der Waals surface area (Å²) in [4.78, 5) is 47.1. The maximum absolute atomic E-state index is 13.3. The van der Waals surface area contributed by atoms with Gasteiger partial charge in [0.25, 0.3) is 5.91 Å². The number of hydrogen-bond donors (Lipinski definition) is 0. The monoisotopic (exact) mass is 445 g/mol. The quantitative estimate of drug-likeness (QED) is 0.704. The van der Waals surface area contributed by atoms with Gasteiger partial charge >= 0.3 is 12.1 Å². The van der Waals surface area contributed by atoms with Gasteiger partial charge in [-0.3, -0.25) is 4.79 Å². The number of nitrogens with zero attached hydrogens (tertiary/aromatic N) is 3. The van der Waals surface area contributed by atoms with Crippen molar-refractivity contribution >= 4 is 18.0 Å². The van der Waals surface area contributed by atoms with Crippen molar-refractivity contribution in [2.45, 2.75) is 57.4 Å². The summed E-state index contributed by atoms with van der Waals surface area (Å²) in [7, 11) is 0. The van der Waals surface area contributed by atoms with E-state index in [2.05, 4.69) is 0 Å². The second kappa shape index (κ2) is 9.07. The molecule has 9 heteroatoms. The van der Waals surface area contributed by atoms with Gasteiger partial charge in [0.1, 0.15) is 5.60 Å². The maximum atomic E-state index is 13.3. The first-order valence-corrected chi connectivity index (χ1v) is 11.2. The van der Waals surface area contributed by atoms with Crippen LogP contribution in [0.2, 0.25) is 0 Å². The second-order valence-electron chi connectivity index (χ2n) is 9.51. The average Bonchev–Trinajstić information content (AvgIpc) is 3.03. The highest BCUT2D eigenvalue weighted by Gasteiger charge is 2.46. The van der Waals surface area contributed by atoms with Crippen LogP contribution in [0.4, 0.5) is 4.79 Å². The van der Waals surface area contributed by atoms with E-state index < -0.39 is 23.8 Å². The van der Waals surface area contributed by atoms with Crippen LogP contribution in [-0.4, -0.2) is 89.4 Å². The van der Waals surface area contributed by atoms with Gasteiger partial charge in [0.2, 0.25) is 0 Å². The van der Waals surface area contributed by atoms with Crippen molar-refractivity contribution in [2.24, 2.45) is 0 Å². The standard InChI is InChI=1S/C23H31N3O6/c1-23(2,3)31-22(29)24-11-12-30-19(15-24)20(27)26-17-9-10-18(26)14-25(13-17)32-21(28)16-7-5-4-6-8-16/h4-8,17-19H,9-15H2,1-3H3. The number of rotatable bonds is 3. The minimum atomic E-state index is -0.710. The topological polar surface area (TPSA) is 88.6 Å².